The van der Waals surface area contributed by atoms with Gasteiger partial charge in [-0.2, -0.15) is 0 Å². The van der Waals surface area contributed by atoms with Gasteiger partial charge in [0.2, 0.25) is 0 Å². The van der Waals surface area contributed by atoms with Crippen LogP contribution in [0.1, 0.15) is 5.56 Å². The van der Waals surface area contributed by atoms with Crippen molar-refractivity contribution in [3.8, 4) is 0 Å². The van der Waals surface area contributed by atoms with Crippen LogP contribution in [0.5, 0.6) is 0 Å². The van der Waals surface area contributed by atoms with Gasteiger partial charge in [-0.15, -0.1) is 12.4 Å². The molecule has 1 aromatic rings. The number of rotatable bonds is 7. The molecule has 1 aromatic carbocycles. The molecule has 0 aliphatic rings. The summed E-state index contributed by atoms with van der Waals surface area (Å²) < 4.78 is 9.99. The van der Waals surface area contributed by atoms with Crippen molar-refractivity contribution in [3.05, 3.63) is 42.0 Å². The number of carbonyl (C=O) groups excluding carboxylic acids is 1. The van der Waals surface area contributed by atoms with Gasteiger partial charge in [0.25, 0.3) is 0 Å². The zero-order chi connectivity index (χ0) is 12.3. The first kappa shape index (κ1) is 16.6. The normalized spacial score (nSPS) is 10.1. The van der Waals surface area contributed by atoms with Crippen LogP contribution in [0.15, 0.2) is 36.4 Å². The van der Waals surface area contributed by atoms with E-state index in [4.69, 9.17) is 15.2 Å². The molecule has 0 aromatic heterocycles. The van der Waals surface area contributed by atoms with E-state index < -0.39 is 0 Å². The summed E-state index contributed by atoms with van der Waals surface area (Å²) in [7, 11) is 0. The Labute approximate surface area is 113 Å². The van der Waals surface area contributed by atoms with Crippen molar-refractivity contribution < 1.29 is 14.3 Å². The third-order valence-corrected chi connectivity index (χ3v) is 1.95. The molecule has 5 heteroatoms. The van der Waals surface area contributed by atoms with Crippen LogP contribution >= 0.6 is 12.4 Å². The molecule has 0 aliphatic heterocycles. The minimum absolute atomic E-state index is 0. The molecule has 2 N–H and O–H groups in total. The van der Waals surface area contributed by atoms with Crippen molar-refractivity contribution >= 4 is 24.5 Å². The molecule has 0 radical (unpaired) electrons. The predicted molar refractivity (Wildman–Crippen MR) is 73.6 cm³/mol. The Kier molecular flexibility index (Phi) is 9.96. The van der Waals surface area contributed by atoms with E-state index in [9.17, 15) is 4.79 Å². The van der Waals surface area contributed by atoms with Gasteiger partial charge >= 0.3 is 5.97 Å². The van der Waals surface area contributed by atoms with Crippen LogP contribution < -0.4 is 5.73 Å². The zero-order valence-electron chi connectivity index (χ0n) is 10.1. The summed E-state index contributed by atoms with van der Waals surface area (Å²) in [5, 5.41) is 0. The fraction of sp³-hybridized carbons (Fsp3) is 0.308. The maximum absolute atomic E-state index is 11.3. The molecule has 0 spiro atoms. The van der Waals surface area contributed by atoms with E-state index >= 15 is 0 Å². The number of ether oxygens (including phenoxy) is 2. The Bertz CT molecular complexity index is 355. The molecule has 0 atom stereocenters. The third kappa shape index (κ3) is 7.84. The molecule has 0 heterocycles. The first-order chi connectivity index (χ1) is 8.33. The molecule has 1 rings (SSSR count). The van der Waals surface area contributed by atoms with Crippen LogP contribution in [0.25, 0.3) is 6.08 Å². The van der Waals surface area contributed by atoms with E-state index in [2.05, 4.69) is 0 Å². The van der Waals surface area contributed by atoms with Gasteiger partial charge in [0.1, 0.15) is 6.61 Å². The van der Waals surface area contributed by atoms with E-state index in [0.29, 0.717) is 19.8 Å². The summed E-state index contributed by atoms with van der Waals surface area (Å²) in [5.74, 6) is -0.370. The standard InChI is InChI=1S/C13H17NO3.ClH/c14-8-9-16-10-11-17-13(15)7-6-12-4-2-1-3-5-12;/h1-7H,8-11,14H2;1H. The van der Waals surface area contributed by atoms with Crippen LogP contribution in [-0.2, 0) is 14.3 Å². The van der Waals surface area contributed by atoms with Gasteiger partial charge in [0.05, 0.1) is 13.2 Å². The number of benzene rings is 1. The van der Waals surface area contributed by atoms with Crippen molar-refractivity contribution in [3.63, 3.8) is 0 Å². The van der Waals surface area contributed by atoms with Gasteiger partial charge in [0.15, 0.2) is 0 Å². The van der Waals surface area contributed by atoms with Crippen LogP contribution in [0.4, 0.5) is 0 Å². The van der Waals surface area contributed by atoms with Gasteiger partial charge in [-0.25, -0.2) is 4.79 Å². The molecule has 0 saturated carbocycles. The Hall–Kier alpha value is -1.36. The summed E-state index contributed by atoms with van der Waals surface area (Å²) in [6, 6.07) is 9.56. The minimum Gasteiger partial charge on any atom is -0.460 e. The Morgan fingerprint density at radius 2 is 1.89 bits per heavy atom. The number of hydrogen-bond donors (Lipinski definition) is 1. The largest absolute Gasteiger partial charge is 0.460 e. The zero-order valence-corrected chi connectivity index (χ0v) is 10.9. The van der Waals surface area contributed by atoms with Gasteiger partial charge in [-0.05, 0) is 11.6 Å². The lowest BCUT2D eigenvalue weighted by atomic mass is 10.2. The number of halogens is 1. The smallest absolute Gasteiger partial charge is 0.330 e. The lowest BCUT2D eigenvalue weighted by Gasteiger charge is -2.02. The lowest BCUT2D eigenvalue weighted by molar-refractivity contribution is -0.139. The van der Waals surface area contributed by atoms with Crippen molar-refractivity contribution in [2.24, 2.45) is 5.73 Å². The molecule has 0 fully saturated rings. The van der Waals surface area contributed by atoms with Crippen LogP contribution in [-0.4, -0.2) is 32.3 Å². The highest BCUT2D eigenvalue weighted by Gasteiger charge is 1.96. The van der Waals surface area contributed by atoms with Gasteiger partial charge in [-0.1, -0.05) is 30.3 Å². The number of carbonyl (C=O) groups is 1. The molecule has 0 unspecified atom stereocenters. The molecular weight excluding hydrogens is 254 g/mol. The second kappa shape index (κ2) is 10.8. The van der Waals surface area contributed by atoms with Crippen molar-refractivity contribution in [1.82, 2.24) is 0 Å². The molecule has 0 bridgehead atoms. The number of esters is 1. The van der Waals surface area contributed by atoms with E-state index in [-0.39, 0.29) is 25.0 Å². The van der Waals surface area contributed by atoms with Crippen LogP contribution in [0.2, 0.25) is 0 Å². The molecular formula is C13H18ClNO3. The Morgan fingerprint density at radius 1 is 1.17 bits per heavy atom. The monoisotopic (exact) mass is 271 g/mol. The molecule has 0 saturated heterocycles. The van der Waals surface area contributed by atoms with Gasteiger partial charge < -0.3 is 15.2 Å². The quantitative estimate of drug-likeness (QED) is 0.465. The first-order valence-corrected chi connectivity index (χ1v) is 5.50. The van der Waals surface area contributed by atoms with Gasteiger partial charge in [-0.3, -0.25) is 0 Å². The minimum atomic E-state index is -0.370. The molecule has 18 heavy (non-hydrogen) atoms. The summed E-state index contributed by atoms with van der Waals surface area (Å²) in [4.78, 5) is 11.3. The summed E-state index contributed by atoms with van der Waals surface area (Å²) in [5.41, 5.74) is 6.20. The molecule has 0 aliphatic carbocycles. The fourth-order valence-electron chi connectivity index (χ4n) is 1.16. The Balaban J connectivity index is 0.00000289. The molecule has 0 amide bonds. The lowest BCUT2D eigenvalue weighted by Crippen LogP contribution is -2.13. The highest BCUT2D eigenvalue weighted by atomic mass is 35.5. The summed E-state index contributed by atoms with van der Waals surface area (Å²) >= 11 is 0. The summed E-state index contributed by atoms with van der Waals surface area (Å²) in [6.07, 6.45) is 3.11. The van der Waals surface area contributed by atoms with Crippen molar-refractivity contribution in [2.45, 2.75) is 0 Å². The van der Waals surface area contributed by atoms with Crippen molar-refractivity contribution in [1.29, 1.82) is 0 Å². The second-order valence-corrected chi connectivity index (χ2v) is 3.31. The van der Waals surface area contributed by atoms with E-state index in [1.54, 1.807) is 6.08 Å². The van der Waals surface area contributed by atoms with Crippen LogP contribution in [0, 0.1) is 0 Å². The second-order valence-electron chi connectivity index (χ2n) is 3.31. The van der Waals surface area contributed by atoms with Crippen molar-refractivity contribution in [2.75, 3.05) is 26.4 Å². The highest BCUT2D eigenvalue weighted by molar-refractivity contribution is 5.87. The average Bonchev–Trinajstić information content (AvgIpc) is 2.37. The predicted octanol–water partition coefficient (Wildman–Crippen LogP) is 1.64. The number of nitrogens with two attached hydrogens (primary N) is 1. The maximum Gasteiger partial charge on any atom is 0.330 e. The van der Waals surface area contributed by atoms with Crippen LogP contribution in [0.3, 0.4) is 0 Å². The third-order valence-electron chi connectivity index (χ3n) is 1.95. The van der Waals surface area contributed by atoms with E-state index in [1.807, 2.05) is 30.3 Å². The first-order valence-electron chi connectivity index (χ1n) is 5.50. The number of hydrogen-bond acceptors (Lipinski definition) is 4. The SMILES string of the molecule is Cl.NCCOCCOC(=O)C=Cc1ccccc1. The highest BCUT2D eigenvalue weighted by Crippen LogP contribution is 2.00. The maximum atomic E-state index is 11.3. The van der Waals surface area contributed by atoms with Gasteiger partial charge in [0, 0.05) is 12.6 Å². The Morgan fingerprint density at radius 3 is 2.56 bits per heavy atom. The fourth-order valence-corrected chi connectivity index (χ4v) is 1.16. The summed E-state index contributed by atoms with van der Waals surface area (Å²) in [6.45, 7) is 1.58. The van der Waals surface area contributed by atoms with E-state index in [0.717, 1.165) is 5.56 Å². The topological polar surface area (TPSA) is 61.6 Å². The molecule has 100 valence electrons. The molecule has 4 nitrogen and oxygen atoms in total. The van der Waals surface area contributed by atoms with E-state index in [1.165, 1.54) is 6.08 Å². The average molecular weight is 272 g/mol.